The molecule has 6 rings (SSSR count). The van der Waals surface area contributed by atoms with Gasteiger partial charge in [-0.3, -0.25) is 0 Å². The van der Waals surface area contributed by atoms with Gasteiger partial charge in [-0.25, -0.2) is 9.59 Å². The van der Waals surface area contributed by atoms with Gasteiger partial charge in [0.1, 0.15) is 28.4 Å². The number of hydrogen-bond acceptors (Lipinski definition) is 6. The van der Waals surface area contributed by atoms with Gasteiger partial charge in [0.05, 0.1) is 27.8 Å². The fraction of sp³-hybridized carbons (Fsp3) is 0.0370. The van der Waals surface area contributed by atoms with Gasteiger partial charge in [0.2, 0.25) is 0 Å². The number of ether oxygens (including phenoxy) is 1. The molecule has 0 saturated heterocycles. The average Bonchev–Trinajstić information content (AvgIpc) is 2.83. The zero-order valence-corrected chi connectivity index (χ0v) is 17.0. The second-order valence-corrected chi connectivity index (χ2v) is 7.71. The Morgan fingerprint density at radius 3 is 2.18 bits per heavy atom. The summed E-state index contributed by atoms with van der Waals surface area (Å²) >= 11 is 0. The molecule has 0 spiro atoms. The molecular weight excluding hydrogens is 420 g/mol. The minimum atomic E-state index is -0.989. The van der Waals surface area contributed by atoms with Crippen LogP contribution in [0.2, 0.25) is 0 Å². The summed E-state index contributed by atoms with van der Waals surface area (Å²) in [4.78, 5) is 26.3. The summed E-state index contributed by atoms with van der Waals surface area (Å²) in [5, 5.41) is 12.1. The third-order valence-corrected chi connectivity index (χ3v) is 5.90. The van der Waals surface area contributed by atoms with Crippen molar-refractivity contribution >= 4 is 21.9 Å². The van der Waals surface area contributed by atoms with Crippen molar-refractivity contribution < 1.29 is 18.7 Å². The standard InChI is InChI=1S/C27H14O6/c1-2-14-11-12-15-20(13-14)31-25-17-8-4-6-10-19(17)33-27(30)23(25)21(15)22-24(28)16-7-3-5-9-18(16)32-26(22)29/h1,3-13,21,28H. The van der Waals surface area contributed by atoms with Gasteiger partial charge < -0.3 is 18.7 Å². The van der Waals surface area contributed by atoms with E-state index in [1.165, 1.54) is 0 Å². The van der Waals surface area contributed by atoms with E-state index in [0.29, 0.717) is 33.2 Å². The first kappa shape index (κ1) is 19.0. The number of terminal acetylenes is 1. The van der Waals surface area contributed by atoms with Crippen molar-refractivity contribution in [2.24, 2.45) is 0 Å². The lowest BCUT2D eigenvalue weighted by atomic mass is 9.82. The van der Waals surface area contributed by atoms with E-state index in [9.17, 15) is 14.7 Å². The van der Waals surface area contributed by atoms with Crippen LogP contribution in [0.3, 0.4) is 0 Å². The molecule has 0 saturated carbocycles. The minimum Gasteiger partial charge on any atom is -0.507 e. The van der Waals surface area contributed by atoms with Gasteiger partial charge in [-0.15, -0.1) is 6.42 Å². The zero-order valence-electron chi connectivity index (χ0n) is 17.0. The highest BCUT2D eigenvalue weighted by Gasteiger charge is 2.38. The van der Waals surface area contributed by atoms with Crippen LogP contribution in [0.5, 0.6) is 17.2 Å². The van der Waals surface area contributed by atoms with Crippen LogP contribution in [0.4, 0.5) is 0 Å². The number of fused-ring (bicyclic) bond motifs is 5. The first-order valence-corrected chi connectivity index (χ1v) is 10.2. The normalized spacial score (nSPS) is 14.3. The molecule has 6 heteroatoms. The van der Waals surface area contributed by atoms with E-state index >= 15 is 0 Å². The smallest absolute Gasteiger partial charge is 0.344 e. The molecule has 1 N–H and O–H groups in total. The molecule has 0 amide bonds. The van der Waals surface area contributed by atoms with E-state index in [4.69, 9.17) is 20.0 Å². The lowest BCUT2D eigenvalue weighted by Crippen LogP contribution is -2.24. The zero-order chi connectivity index (χ0) is 22.7. The molecule has 33 heavy (non-hydrogen) atoms. The number of para-hydroxylation sites is 2. The largest absolute Gasteiger partial charge is 0.507 e. The number of benzene rings is 3. The van der Waals surface area contributed by atoms with E-state index in [1.807, 2.05) is 0 Å². The lowest BCUT2D eigenvalue weighted by Gasteiger charge is -2.28. The van der Waals surface area contributed by atoms with E-state index in [1.54, 1.807) is 66.7 Å². The van der Waals surface area contributed by atoms with Crippen LogP contribution in [0.25, 0.3) is 21.9 Å². The van der Waals surface area contributed by atoms with Crippen LogP contribution < -0.4 is 16.0 Å². The molecule has 3 aromatic carbocycles. The first-order valence-electron chi connectivity index (χ1n) is 10.2. The predicted octanol–water partition coefficient (Wildman–Crippen LogP) is 4.87. The van der Waals surface area contributed by atoms with Gasteiger partial charge >= 0.3 is 11.3 Å². The van der Waals surface area contributed by atoms with Crippen molar-refractivity contribution in [3.05, 3.63) is 110 Å². The molecule has 2 aromatic heterocycles. The minimum absolute atomic E-state index is 0.0736. The summed E-state index contributed by atoms with van der Waals surface area (Å²) < 4.78 is 17.2. The number of hydrogen-bond donors (Lipinski definition) is 1. The van der Waals surface area contributed by atoms with Crippen molar-refractivity contribution in [1.29, 1.82) is 0 Å². The Balaban J connectivity index is 1.77. The quantitative estimate of drug-likeness (QED) is 0.293. The first-order chi connectivity index (χ1) is 16.1. The highest BCUT2D eigenvalue weighted by molar-refractivity contribution is 5.88. The molecule has 0 aliphatic carbocycles. The van der Waals surface area contributed by atoms with Crippen molar-refractivity contribution in [2.75, 3.05) is 0 Å². The second kappa shape index (κ2) is 6.87. The van der Waals surface area contributed by atoms with Crippen LogP contribution in [-0.4, -0.2) is 5.11 Å². The summed E-state index contributed by atoms with van der Waals surface area (Å²) in [7, 11) is 0. The number of aromatic hydroxyl groups is 1. The molecule has 0 bridgehead atoms. The maximum absolute atomic E-state index is 13.2. The molecule has 1 unspecified atom stereocenters. The van der Waals surface area contributed by atoms with Crippen LogP contribution in [-0.2, 0) is 0 Å². The van der Waals surface area contributed by atoms with E-state index in [-0.39, 0.29) is 28.2 Å². The monoisotopic (exact) mass is 434 g/mol. The van der Waals surface area contributed by atoms with Gasteiger partial charge in [0.25, 0.3) is 0 Å². The highest BCUT2D eigenvalue weighted by atomic mass is 16.5. The van der Waals surface area contributed by atoms with Gasteiger partial charge in [0, 0.05) is 11.1 Å². The summed E-state index contributed by atoms with van der Waals surface area (Å²) in [6.07, 6.45) is 5.57. The molecular formula is C27H14O6. The van der Waals surface area contributed by atoms with Crippen LogP contribution in [0.1, 0.15) is 28.2 Å². The van der Waals surface area contributed by atoms with Crippen LogP contribution >= 0.6 is 0 Å². The Hall–Kier alpha value is -4.76. The highest BCUT2D eigenvalue weighted by Crippen LogP contribution is 2.50. The van der Waals surface area contributed by atoms with E-state index in [0.717, 1.165) is 0 Å². The molecule has 0 radical (unpaired) electrons. The molecule has 158 valence electrons. The summed E-state index contributed by atoms with van der Waals surface area (Å²) in [5.41, 5.74) is 0.231. The maximum atomic E-state index is 13.2. The van der Waals surface area contributed by atoms with Crippen molar-refractivity contribution in [1.82, 2.24) is 0 Å². The SMILES string of the molecule is C#Cc1ccc2c(c1)Oc1c(c(=O)oc3ccccc13)C2c1c(O)c2ccccc2oc1=O. The van der Waals surface area contributed by atoms with E-state index < -0.39 is 17.2 Å². The predicted molar refractivity (Wildman–Crippen MR) is 122 cm³/mol. The van der Waals surface area contributed by atoms with Crippen LogP contribution in [0, 0.1) is 12.3 Å². The van der Waals surface area contributed by atoms with Gasteiger partial charge in [-0.2, -0.15) is 0 Å². The summed E-state index contributed by atoms with van der Waals surface area (Å²) in [6, 6.07) is 18.6. The Labute approximate surface area is 186 Å². The molecule has 1 aliphatic rings. The molecule has 5 aromatic rings. The number of rotatable bonds is 1. The summed E-state index contributed by atoms with van der Waals surface area (Å²) in [5.74, 6) is 1.94. The Morgan fingerprint density at radius 2 is 1.45 bits per heavy atom. The molecule has 1 atom stereocenters. The molecule has 0 fully saturated rings. The second-order valence-electron chi connectivity index (χ2n) is 7.71. The fourth-order valence-corrected chi connectivity index (χ4v) is 4.41. The van der Waals surface area contributed by atoms with Crippen molar-refractivity contribution in [3.8, 4) is 29.6 Å². The van der Waals surface area contributed by atoms with Crippen LogP contribution in [0.15, 0.2) is 85.2 Å². The maximum Gasteiger partial charge on any atom is 0.344 e. The Morgan fingerprint density at radius 1 is 0.818 bits per heavy atom. The fourth-order valence-electron chi connectivity index (χ4n) is 4.41. The third-order valence-electron chi connectivity index (χ3n) is 5.90. The Kier molecular flexibility index (Phi) is 3.95. The van der Waals surface area contributed by atoms with Crippen molar-refractivity contribution in [3.63, 3.8) is 0 Å². The van der Waals surface area contributed by atoms with Gasteiger partial charge in [0.15, 0.2) is 0 Å². The molecule has 3 heterocycles. The van der Waals surface area contributed by atoms with E-state index in [2.05, 4.69) is 5.92 Å². The lowest BCUT2D eigenvalue weighted by molar-refractivity contribution is 0.425. The molecule has 1 aliphatic heterocycles. The third kappa shape index (κ3) is 2.70. The van der Waals surface area contributed by atoms with Gasteiger partial charge in [-0.1, -0.05) is 36.3 Å². The molecule has 6 nitrogen and oxygen atoms in total. The summed E-state index contributed by atoms with van der Waals surface area (Å²) in [6.45, 7) is 0. The van der Waals surface area contributed by atoms with Gasteiger partial charge in [-0.05, 0) is 36.4 Å². The average molecular weight is 434 g/mol. The Bertz CT molecular complexity index is 1740. The topological polar surface area (TPSA) is 89.9 Å². The van der Waals surface area contributed by atoms with Crippen molar-refractivity contribution in [2.45, 2.75) is 5.92 Å².